The van der Waals surface area contributed by atoms with E-state index in [1.165, 1.54) is 6.07 Å². The molecule has 8 heteroatoms. The minimum absolute atomic E-state index is 0.0122. The molecule has 2 aromatic carbocycles. The Labute approximate surface area is 197 Å². The maximum Gasteiger partial charge on any atom is 0.342 e. The fourth-order valence-corrected chi connectivity index (χ4v) is 3.75. The van der Waals surface area contributed by atoms with E-state index < -0.39 is 12.1 Å². The number of fused-ring (bicyclic) bond motifs is 2. The molecule has 0 bridgehead atoms. The predicted octanol–water partition coefficient (Wildman–Crippen LogP) is 4.05. The number of ether oxygens (including phenoxy) is 3. The van der Waals surface area contributed by atoms with Crippen molar-refractivity contribution in [2.75, 3.05) is 7.11 Å². The molecule has 178 valence electrons. The number of hydrogen-bond donors (Lipinski definition) is 2. The molecule has 8 nitrogen and oxygen atoms in total. The van der Waals surface area contributed by atoms with Crippen LogP contribution in [0.3, 0.4) is 0 Å². The molecule has 3 atom stereocenters. The number of methoxy groups -OCH3 is 1. The third kappa shape index (κ3) is 5.96. The highest BCUT2D eigenvalue weighted by molar-refractivity contribution is 6.00. The molecular formula is C26H27NO7. The van der Waals surface area contributed by atoms with Crippen molar-refractivity contribution in [1.29, 1.82) is 0 Å². The number of cyclic esters (lactones) is 1. The van der Waals surface area contributed by atoms with E-state index in [4.69, 9.17) is 19.0 Å². The lowest BCUT2D eigenvalue weighted by atomic mass is 9.99. The van der Waals surface area contributed by atoms with Gasteiger partial charge < -0.3 is 29.3 Å². The summed E-state index contributed by atoms with van der Waals surface area (Å²) >= 11 is 0. The Morgan fingerprint density at radius 3 is 2.71 bits per heavy atom. The standard InChI is InChI=1S/C26H27NO7/c1-16-11-24-23(34-24)6-4-3-5-19(27-32-15-17-7-9-21(31-2)10-8-17)12-18-13-20(28)14-22(29)25(18)26(30)33-16/h3-10,13-14,16,23-24,28-29H,11-12,15H2,1-2H3/b5-3+,6-4-,27-19+/t16-,23-,24-/m1/s1. The van der Waals surface area contributed by atoms with Crippen LogP contribution >= 0.6 is 0 Å². The van der Waals surface area contributed by atoms with Gasteiger partial charge >= 0.3 is 5.97 Å². The molecule has 2 N–H and O–H groups in total. The highest BCUT2D eigenvalue weighted by Gasteiger charge is 2.38. The van der Waals surface area contributed by atoms with Crippen LogP contribution in [0.2, 0.25) is 0 Å². The third-order valence-electron chi connectivity index (χ3n) is 5.53. The smallest absolute Gasteiger partial charge is 0.342 e. The van der Waals surface area contributed by atoms with Crippen LogP contribution in [0.15, 0.2) is 65.9 Å². The zero-order valence-corrected chi connectivity index (χ0v) is 19.0. The molecule has 0 aliphatic carbocycles. The van der Waals surface area contributed by atoms with Crippen LogP contribution in [0.25, 0.3) is 0 Å². The molecule has 34 heavy (non-hydrogen) atoms. The maximum absolute atomic E-state index is 12.9. The SMILES string of the molecule is COc1ccc(CO\N=C2/C=C/C=C\[C@H]3O[C@@H]3C[C@@H](C)OC(=O)c3c(O)cc(O)cc3C2)cc1. The van der Waals surface area contributed by atoms with E-state index in [9.17, 15) is 15.0 Å². The highest BCUT2D eigenvalue weighted by atomic mass is 16.6. The Morgan fingerprint density at radius 2 is 1.94 bits per heavy atom. The average molecular weight is 466 g/mol. The van der Waals surface area contributed by atoms with Crippen LogP contribution in [-0.2, 0) is 27.3 Å². The van der Waals surface area contributed by atoms with Crippen LogP contribution in [0.4, 0.5) is 0 Å². The fraction of sp³-hybridized carbons (Fsp3) is 0.308. The van der Waals surface area contributed by atoms with Crippen molar-refractivity contribution in [2.45, 2.75) is 44.7 Å². The second-order valence-electron chi connectivity index (χ2n) is 8.21. The average Bonchev–Trinajstić information content (AvgIpc) is 3.53. The van der Waals surface area contributed by atoms with Gasteiger partial charge in [-0.2, -0.15) is 0 Å². The van der Waals surface area contributed by atoms with Gasteiger partial charge in [-0.25, -0.2) is 4.79 Å². The molecule has 0 aromatic heterocycles. The van der Waals surface area contributed by atoms with Crippen molar-refractivity contribution in [3.05, 3.63) is 77.4 Å². The summed E-state index contributed by atoms with van der Waals surface area (Å²) in [7, 11) is 1.60. The van der Waals surface area contributed by atoms with Crippen molar-refractivity contribution in [2.24, 2.45) is 5.16 Å². The minimum Gasteiger partial charge on any atom is -0.508 e. The van der Waals surface area contributed by atoms with Crippen LogP contribution in [-0.4, -0.2) is 47.3 Å². The number of epoxide rings is 1. The number of carbonyl (C=O) groups is 1. The largest absolute Gasteiger partial charge is 0.508 e. The number of phenols is 2. The van der Waals surface area contributed by atoms with E-state index in [0.717, 1.165) is 17.4 Å². The summed E-state index contributed by atoms with van der Waals surface area (Å²) in [5.74, 6) is -0.459. The fourth-order valence-electron chi connectivity index (χ4n) is 3.75. The van der Waals surface area contributed by atoms with Gasteiger partial charge in [-0.05, 0) is 42.3 Å². The lowest BCUT2D eigenvalue weighted by Crippen LogP contribution is -2.19. The number of phenolic OH excluding ortho intramolecular Hbond substituents is 2. The van der Waals surface area contributed by atoms with E-state index in [2.05, 4.69) is 5.16 Å². The molecule has 4 rings (SSSR count). The number of oxime groups is 1. The number of allylic oxidation sites excluding steroid dienone is 3. The van der Waals surface area contributed by atoms with Crippen LogP contribution < -0.4 is 4.74 Å². The molecule has 1 saturated heterocycles. The van der Waals surface area contributed by atoms with Crippen molar-refractivity contribution in [3.8, 4) is 17.2 Å². The Balaban J connectivity index is 1.61. The van der Waals surface area contributed by atoms with Crippen LogP contribution in [0.1, 0.15) is 34.8 Å². The van der Waals surface area contributed by atoms with Gasteiger partial charge in [-0.1, -0.05) is 35.5 Å². The van der Waals surface area contributed by atoms with Gasteiger partial charge in [-0.15, -0.1) is 0 Å². The van der Waals surface area contributed by atoms with Gasteiger partial charge in [0.25, 0.3) is 0 Å². The minimum atomic E-state index is -0.674. The van der Waals surface area contributed by atoms with Gasteiger partial charge in [0.05, 0.1) is 18.9 Å². The summed E-state index contributed by atoms with van der Waals surface area (Å²) < 4.78 is 16.3. The first-order chi connectivity index (χ1) is 16.4. The lowest BCUT2D eigenvalue weighted by Gasteiger charge is -2.16. The van der Waals surface area contributed by atoms with Gasteiger partial charge in [0.2, 0.25) is 0 Å². The summed E-state index contributed by atoms with van der Waals surface area (Å²) in [6.45, 7) is 2.01. The quantitative estimate of drug-likeness (QED) is 0.398. The van der Waals surface area contributed by atoms with Crippen molar-refractivity contribution in [1.82, 2.24) is 0 Å². The van der Waals surface area contributed by atoms with E-state index in [0.29, 0.717) is 17.7 Å². The van der Waals surface area contributed by atoms with E-state index in [-0.39, 0.29) is 42.3 Å². The zero-order chi connectivity index (χ0) is 24.1. The molecule has 2 aromatic rings. The summed E-state index contributed by atoms with van der Waals surface area (Å²) in [5, 5.41) is 24.7. The van der Waals surface area contributed by atoms with Gasteiger partial charge in [0.1, 0.15) is 41.6 Å². The van der Waals surface area contributed by atoms with Gasteiger partial charge in [0, 0.05) is 18.9 Å². The Hall–Kier alpha value is -3.78. The second kappa shape index (κ2) is 10.4. The summed E-state index contributed by atoms with van der Waals surface area (Å²) in [6.07, 6.45) is 7.56. The normalized spacial score (nSPS) is 25.3. The van der Waals surface area contributed by atoms with Gasteiger partial charge in [0.15, 0.2) is 0 Å². The molecule has 0 radical (unpaired) electrons. The number of benzene rings is 2. The number of rotatable bonds is 4. The molecule has 2 aliphatic rings. The lowest BCUT2D eigenvalue weighted by molar-refractivity contribution is 0.0306. The maximum atomic E-state index is 12.9. The molecule has 0 spiro atoms. The summed E-state index contributed by atoms with van der Waals surface area (Å²) in [6, 6.07) is 9.94. The van der Waals surface area contributed by atoms with Crippen molar-refractivity contribution >= 4 is 11.7 Å². The Kier molecular flexibility index (Phi) is 7.18. The first-order valence-electron chi connectivity index (χ1n) is 11.0. The Bertz CT molecular complexity index is 1120. The molecule has 1 fully saturated rings. The van der Waals surface area contributed by atoms with E-state index >= 15 is 0 Å². The first kappa shape index (κ1) is 23.4. The van der Waals surface area contributed by atoms with Crippen molar-refractivity contribution < 1.29 is 34.1 Å². The van der Waals surface area contributed by atoms with Crippen molar-refractivity contribution in [3.63, 3.8) is 0 Å². The number of carbonyl (C=O) groups excluding carboxylic acids is 1. The van der Waals surface area contributed by atoms with Crippen LogP contribution in [0, 0.1) is 0 Å². The van der Waals surface area contributed by atoms with E-state index in [1.54, 1.807) is 20.1 Å². The topological polar surface area (TPSA) is 110 Å². The summed E-state index contributed by atoms with van der Waals surface area (Å²) in [4.78, 5) is 18.4. The Morgan fingerprint density at radius 1 is 1.15 bits per heavy atom. The zero-order valence-electron chi connectivity index (χ0n) is 19.0. The molecule has 2 heterocycles. The highest BCUT2D eigenvalue weighted by Crippen LogP contribution is 2.32. The second-order valence-corrected chi connectivity index (χ2v) is 8.21. The first-order valence-corrected chi connectivity index (χ1v) is 11.0. The molecule has 0 saturated carbocycles. The number of nitrogens with zero attached hydrogens (tertiary/aromatic N) is 1. The number of aromatic hydroxyl groups is 2. The van der Waals surface area contributed by atoms with E-state index in [1.807, 2.05) is 42.5 Å². The number of hydrogen-bond acceptors (Lipinski definition) is 8. The van der Waals surface area contributed by atoms with Gasteiger partial charge in [-0.3, -0.25) is 0 Å². The molecular weight excluding hydrogens is 438 g/mol. The molecule has 0 unspecified atom stereocenters. The molecule has 2 aliphatic heterocycles. The predicted molar refractivity (Wildman–Crippen MR) is 125 cm³/mol. The monoisotopic (exact) mass is 465 g/mol. The van der Waals surface area contributed by atoms with Crippen LogP contribution in [0.5, 0.6) is 17.2 Å². The number of esters is 1. The third-order valence-corrected chi connectivity index (χ3v) is 5.53. The molecule has 0 amide bonds. The summed E-state index contributed by atoms with van der Waals surface area (Å²) in [5.41, 5.74) is 1.74.